The molecule has 40 heavy (non-hydrogen) atoms. The topological polar surface area (TPSA) is 268 Å². The molecule has 4 atom stereocenters. The van der Waals surface area contributed by atoms with E-state index in [1.807, 2.05) is 0 Å². The number of alkyl halides is 3. The first-order valence-corrected chi connectivity index (χ1v) is 15.0. The van der Waals surface area contributed by atoms with E-state index in [2.05, 4.69) is 30.0 Å². The van der Waals surface area contributed by atoms with Gasteiger partial charge in [0, 0.05) is 12.7 Å². The largest absolute Gasteiger partial charge is 0.490 e. The van der Waals surface area contributed by atoms with Crippen molar-refractivity contribution in [2.45, 2.75) is 31.3 Å². The van der Waals surface area contributed by atoms with Crippen LogP contribution in [-0.4, -0.2) is 73.7 Å². The third-order valence-electron chi connectivity index (χ3n) is 4.40. The van der Waals surface area contributed by atoms with Crippen molar-refractivity contribution in [3.63, 3.8) is 0 Å². The molecule has 1 aromatic heterocycles. The molecule has 0 spiro atoms. The molecule has 2 unspecified atom stereocenters. The van der Waals surface area contributed by atoms with Crippen molar-refractivity contribution in [1.29, 1.82) is 0 Å². The second-order valence-corrected chi connectivity index (χ2v) is 11.9. The number of halogens is 3. The van der Waals surface area contributed by atoms with Crippen LogP contribution in [0.25, 0.3) is 0 Å². The lowest BCUT2D eigenvalue weighted by Gasteiger charge is -2.19. The van der Waals surface area contributed by atoms with Gasteiger partial charge in [-0.1, -0.05) is 11.8 Å². The van der Waals surface area contributed by atoms with Gasteiger partial charge in [-0.3, -0.25) is 13.9 Å². The smallest absolute Gasteiger partial charge is 0.382 e. The van der Waals surface area contributed by atoms with Crippen molar-refractivity contribution in [3.8, 4) is 11.8 Å². The van der Waals surface area contributed by atoms with Crippen molar-refractivity contribution in [1.82, 2.24) is 14.9 Å². The van der Waals surface area contributed by atoms with Crippen LogP contribution in [0.15, 0.2) is 11.0 Å². The van der Waals surface area contributed by atoms with Crippen LogP contribution in [0.2, 0.25) is 0 Å². The van der Waals surface area contributed by atoms with Crippen LogP contribution < -0.4 is 16.7 Å². The van der Waals surface area contributed by atoms with Crippen LogP contribution in [-0.2, 0) is 41.1 Å². The molecule has 2 rings (SSSR count). The molecule has 2 heterocycles. The van der Waals surface area contributed by atoms with Gasteiger partial charge in [-0.05, 0) is 12.8 Å². The number of phosphoric ester groups is 1. The van der Waals surface area contributed by atoms with Crippen LogP contribution in [0.1, 0.15) is 24.6 Å². The first-order valence-electron chi connectivity index (χ1n) is 10.5. The molecule has 1 aliphatic rings. The number of nitrogen functional groups attached to an aromatic ring is 1. The van der Waals surface area contributed by atoms with Gasteiger partial charge in [0.1, 0.15) is 18.7 Å². The third-order valence-corrected chi connectivity index (χ3v) is 8.21. The number of ether oxygens (including phenoxy) is 2. The summed E-state index contributed by atoms with van der Waals surface area (Å²) in [5.74, 6) is 2.67. The highest BCUT2D eigenvalue weighted by Gasteiger charge is 2.41. The van der Waals surface area contributed by atoms with Gasteiger partial charge >= 0.3 is 41.2 Å². The van der Waals surface area contributed by atoms with Gasteiger partial charge in [-0.15, -0.1) is 0 Å². The maximum absolute atomic E-state index is 12.3. The zero-order chi connectivity index (χ0) is 30.4. The van der Waals surface area contributed by atoms with E-state index in [4.69, 9.17) is 29.9 Å². The summed E-state index contributed by atoms with van der Waals surface area (Å²) in [5.41, 5.74) is 4.88. The zero-order valence-corrected chi connectivity index (χ0v) is 22.5. The summed E-state index contributed by atoms with van der Waals surface area (Å²) in [6.07, 6.45) is -5.48. The van der Waals surface area contributed by atoms with E-state index in [-0.39, 0.29) is 37.4 Å². The first-order chi connectivity index (χ1) is 18.3. The molecular formula is C16H22F3N4O14P3. The lowest BCUT2D eigenvalue weighted by molar-refractivity contribution is -0.173. The molecule has 226 valence electrons. The maximum Gasteiger partial charge on any atom is 0.490 e. The Labute approximate surface area is 222 Å². The Morgan fingerprint density at radius 1 is 1.20 bits per heavy atom. The van der Waals surface area contributed by atoms with Crippen molar-refractivity contribution in [2.75, 3.05) is 32.1 Å². The van der Waals surface area contributed by atoms with Crippen LogP contribution >= 0.6 is 23.5 Å². The number of amides is 1. The molecule has 1 aliphatic heterocycles. The lowest BCUT2D eigenvalue weighted by Crippen LogP contribution is -2.38. The molecule has 24 heteroatoms. The molecule has 0 aromatic carbocycles. The fraction of sp³-hybridized carbons (Fsp3) is 0.562. The maximum atomic E-state index is 12.3. The number of nitrogens with one attached hydrogen (secondary N) is 1. The van der Waals surface area contributed by atoms with Gasteiger partial charge in [0.2, 0.25) is 0 Å². The molecule has 1 fully saturated rings. The number of carbonyl (C=O) groups is 1. The number of phosphoric acid groups is 3. The van der Waals surface area contributed by atoms with Crippen LogP contribution in [0.5, 0.6) is 0 Å². The molecule has 0 radical (unpaired) electrons. The second-order valence-electron chi connectivity index (χ2n) is 7.51. The summed E-state index contributed by atoms with van der Waals surface area (Å²) < 4.78 is 93.3. The Hall–Kier alpha value is -2.17. The van der Waals surface area contributed by atoms with Gasteiger partial charge in [-0.2, -0.15) is 26.8 Å². The number of nitrogens with zero attached hydrogens (tertiary/aromatic N) is 2. The number of rotatable bonds is 12. The summed E-state index contributed by atoms with van der Waals surface area (Å²) in [5, 5.41) is 1.60. The van der Waals surface area contributed by atoms with E-state index in [1.165, 1.54) is 6.20 Å². The fourth-order valence-electron chi connectivity index (χ4n) is 2.87. The number of aromatic nitrogens is 2. The average Bonchev–Trinajstić information content (AvgIpc) is 3.24. The van der Waals surface area contributed by atoms with E-state index in [1.54, 1.807) is 5.32 Å². The molecule has 1 amide bonds. The van der Waals surface area contributed by atoms with E-state index >= 15 is 0 Å². The number of carbonyl (C=O) groups excluding carboxylic acids is 1. The number of hydrogen-bond donors (Lipinski definition) is 6. The molecule has 7 N–H and O–H groups in total. The minimum atomic E-state index is -5.69. The van der Waals surface area contributed by atoms with Crippen molar-refractivity contribution in [2.24, 2.45) is 0 Å². The number of hydrogen-bond acceptors (Lipinski definition) is 12. The molecule has 1 aromatic rings. The first kappa shape index (κ1) is 34.0. The Kier molecular flexibility index (Phi) is 11.6. The zero-order valence-electron chi connectivity index (χ0n) is 19.8. The summed E-state index contributed by atoms with van der Waals surface area (Å²) >= 11 is 0. The molecule has 0 saturated carbocycles. The van der Waals surface area contributed by atoms with Gasteiger partial charge in [0.15, 0.2) is 0 Å². The summed E-state index contributed by atoms with van der Waals surface area (Å²) in [4.78, 5) is 62.3. The molecule has 0 aliphatic carbocycles. The van der Waals surface area contributed by atoms with Gasteiger partial charge < -0.3 is 40.1 Å². The summed E-state index contributed by atoms with van der Waals surface area (Å²) in [6, 6.07) is 0. The Balaban J connectivity index is 1.91. The highest BCUT2D eigenvalue weighted by molar-refractivity contribution is 7.66. The highest BCUT2D eigenvalue weighted by atomic mass is 31.3. The minimum absolute atomic E-state index is 0.0499. The van der Waals surface area contributed by atoms with Crippen molar-refractivity contribution < 1.29 is 73.9 Å². The lowest BCUT2D eigenvalue weighted by atomic mass is 10.2. The average molecular weight is 644 g/mol. The predicted molar refractivity (Wildman–Crippen MR) is 123 cm³/mol. The van der Waals surface area contributed by atoms with Gasteiger partial charge in [0.05, 0.1) is 24.9 Å². The number of nitrogens with two attached hydrogens (primary N) is 1. The standard InChI is InChI=1S/C16H22F3N4O14P3/c17-16(18,19)14(24)21-5-7-33-6-1-2-10-8-23(15(25)22-13(10)20)12-4-3-11(35-12)9-34-39(29,30)37-40(31,32)36-38(26,27)28/h8,11-12H,3-7,9H2,(H,21,24)(H,29,30)(H,31,32)(H2,20,22,25)(H2,26,27,28)/t11-,12+/m0/s1. The van der Waals surface area contributed by atoms with E-state index in [0.717, 1.165) is 4.57 Å². The van der Waals surface area contributed by atoms with Crippen molar-refractivity contribution in [3.05, 3.63) is 22.2 Å². The van der Waals surface area contributed by atoms with Crippen LogP contribution in [0.4, 0.5) is 19.0 Å². The summed E-state index contributed by atoms with van der Waals surface area (Å²) in [7, 11) is -16.6. The third kappa shape index (κ3) is 11.7. The highest BCUT2D eigenvalue weighted by Crippen LogP contribution is 2.66. The van der Waals surface area contributed by atoms with Crippen molar-refractivity contribution >= 4 is 35.2 Å². The minimum Gasteiger partial charge on any atom is -0.382 e. The van der Waals surface area contributed by atoms with Gasteiger partial charge in [0.25, 0.3) is 0 Å². The van der Waals surface area contributed by atoms with E-state index in [9.17, 15) is 41.3 Å². The SMILES string of the molecule is Nc1nc(=O)n([C@H]2CC[C@@H](COP(=O)(O)OP(=O)(O)OP(=O)(O)O)O2)cc1C#CCOCCNC(=O)C(F)(F)F. The Morgan fingerprint density at radius 3 is 2.50 bits per heavy atom. The molecular weight excluding hydrogens is 622 g/mol. The fourth-order valence-corrected chi connectivity index (χ4v) is 5.92. The quantitative estimate of drug-likeness (QED) is 0.0984. The predicted octanol–water partition coefficient (Wildman–Crippen LogP) is -0.107. The normalized spacial score (nSPS) is 20.7. The van der Waals surface area contributed by atoms with E-state index < -0.39 is 66.7 Å². The molecule has 0 bridgehead atoms. The van der Waals surface area contributed by atoms with Gasteiger partial charge in [-0.25, -0.2) is 18.5 Å². The molecule has 18 nitrogen and oxygen atoms in total. The summed E-state index contributed by atoms with van der Waals surface area (Å²) in [6.45, 7) is -1.69. The Bertz CT molecular complexity index is 1340. The van der Waals surface area contributed by atoms with Crippen LogP contribution in [0, 0.1) is 11.8 Å². The van der Waals surface area contributed by atoms with E-state index in [0.29, 0.717) is 0 Å². The second kappa shape index (κ2) is 13.7. The Morgan fingerprint density at radius 2 is 1.88 bits per heavy atom. The monoisotopic (exact) mass is 644 g/mol. The number of anilines is 1. The van der Waals surface area contributed by atoms with Crippen LogP contribution in [0.3, 0.4) is 0 Å². The molecule has 1 saturated heterocycles.